The van der Waals surface area contributed by atoms with Gasteiger partial charge < -0.3 is 4.90 Å². The molecule has 0 aliphatic carbocycles. The standard InChI is InChI=1S/C21H21NO3/c1-14-3-5-16(6-4-14)20(24)9-10-21(25)22-12-11-18-13-17(15(2)23)7-8-19(18)22/h3-8,13H,9-12H2,1-2H3. The summed E-state index contributed by atoms with van der Waals surface area (Å²) in [5, 5.41) is 0. The van der Waals surface area contributed by atoms with Gasteiger partial charge in [0.25, 0.3) is 0 Å². The van der Waals surface area contributed by atoms with Crippen LogP contribution >= 0.6 is 0 Å². The number of rotatable bonds is 5. The van der Waals surface area contributed by atoms with E-state index in [-0.39, 0.29) is 30.3 Å². The zero-order chi connectivity index (χ0) is 18.0. The third kappa shape index (κ3) is 3.68. The maximum Gasteiger partial charge on any atom is 0.227 e. The Bertz CT molecular complexity index is 837. The molecule has 0 N–H and O–H groups in total. The second kappa shape index (κ2) is 7.01. The first-order chi connectivity index (χ1) is 12.0. The molecule has 0 radical (unpaired) electrons. The lowest BCUT2D eigenvalue weighted by Crippen LogP contribution is -2.29. The largest absolute Gasteiger partial charge is 0.312 e. The smallest absolute Gasteiger partial charge is 0.227 e. The van der Waals surface area contributed by atoms with Crippen molar-refractivity contribution in [3.8, 4) is 0 Å². The molecule has 0 saturated heterocycles. The van der Waals surface area contributed by atoms with E-state index >= 15 is 0 Å². The zero-order valence-corrected chi connectivity index (χ0v) is 14.5. The second-order valence-corrected chi connectivity index (χ2v) is 6.48. The number of anilines is 1. The minimum atomic E-state index is -0.0465. The Hall–Kier alpha value is -2.75. The van der Waals surface area contributed by atoms with Crippen LogP contribution in [-0.4, -0.2) is 24.0 Å². The molecule has 128 valence electrons. The van der Waals surface area contributed by atoms with Gasteiger partial charge in [-0.25, -0.2) is 0 Å². The van der Waals surface area contributed by atoms with Gasteiger partial charge >= 0.3 is 0 Å². The highest BCUT2D eigenvalue weighted by Gasteiger charge is 2.25. The van der Waals surface area contributed by atoms with Crippen molar-refractivity contribution in [2.45, 2.75) is 33.1 Å². The quantitative estimate of drug-likeness (QED) is 0.782. The number of amides is 1. The fraction of sp³-hybridized carbons (Fsp3) is 0.286. The first-order valence-corrected chi connectivity index (χ1v) is 8.50. The van der Waals surface area contributed by atoms with Crippen molar-refractivity contribution in [3.63, 3.8) is 0 Å². The van der Waals surface area contributed by atoms with Crippen molar-refractivity contribution in [1.29, 1.82) is 0 Å². The first-order valence-electron chi connectivity index (χ1n) is 8.50. The molecule has 0 spiro atoms. The highest BCUT2D eigenvalue weighted by Crippen LogP contribution is 2.29. The molecule has 25 heavy (non-hydrogen) atoms. The second-order valence-electron chi connectivity index (χ2n) is 6.48. The molecule has 1 aliphatic heterocycles. The molecule has 4 nitrogen and oxygen atoms in total. The summed E-state index contributed by atoms with van der Waals surface area (Å²) in [7, 11) is 0. The number of benzene rings is 2. The topological polar surface area (TPSA) is 54.5 Å². The molecule has 4 heteroatoms. The summed E-state index contributed by atoms with van der Waals surface area (Å²) in [5.74, 6) is -0.0363. The molecule has 0 unspecified atom stereocenters. The van der Waals surface area contributed by atoms with Gasteiger partial charge in [0.1, 0.15) is 0 Å². The normalized spacial score (nSPS) is 12.8. The molecule has 0 aromatic heterocycles. The predicted molar refractivity (Wildman–Crippen MR) is 97.2 cm³/mol. The van der Waals surface area contributed by atoms with Crippen LogP contribution in [0.5, 0.6) is 0 Å². The van der Waals surface area contributed by atoms with E-state index in [0.29, 0.717) is 17.7 Å². The number of hydrogen-bond donors (Lipinski definition) is 0. The zero-order valence-electron chi connectivity index (χ0n) is 14.5. The molecule has 3 rings (SSSR count). The van der Waals surface area contributed by atoms with E-state index < -0.39 is 0 Å². The number of carbonyl (C=O) groups excluding carboxylic acids is 3. The third-order valence-electron chi connectivity index (χ3n) is 4.62. The SMILES string of the molecule is CC(=O)c1ccc2c(c1)CCN2C(=O)CCC(=O)c1ccc(C)cc1. The lowest BCUT2D eigenvalue weighted by Gasteiger charge is -2.17. The molecule has 1 amide bonds. The van der Waals surface area contributed by atoms with Crippen molar-refractivity contribution >= 4 is 23.2 Å². The molecule has 1 heterocycles. The highest BCUT2D eigenvalue weighted by molar-refractivity contribution is 6.02. The van der Waals surface area contributed by atoms with Crippen molar-refractivity contribution < 1.29 is 14.4 Å². The van der Waals surface area contributed by atoms with E-state index in [4.69, 9.17) is 0 Å². The number of ketones is 2. The molecule has 2 aromatic carbocycles. The van der Waals surface area contributed by atoms with Crippen LogP contribution in [0.2, 0.25) is 0 Å². The van der Waals surface area contributed by atoms with Gasteiger partial charge in [0, 0.05) is 36.2 Å². The Morgan fingerprint density at radius 2 is 1.64 bits per heavy atom. The van der Waals surface area contributed by atoms with Crippen LogP contribution in [0.25, 0.3) is 0 Å². The summed E-state index contributed by atoms with van der Waals surface area (Å²) in [6, 6.07) is 12.9. The van der Waals surface area contributed by atoms with Crippen molar-refractivity contribution in [2.24, 2.45) is 0 Å². The molecule has 0 bridgehead atoms. The number of hydrogen-bond acceptors (Lipinski definition) is 3. The summed E-state index contributed by atoms with van der Waals surface area (Å²) >= 11 is 0. The fourth-order valence-corrected chi connectivity index (χ4v) is 3.12. The van der Waals surface area contributed by atoms with Crippen LogP contribution in [0.4, 0.5) is 5.69 Å². The van der Waals surface area contributed by atoms with Gasteiger partial charge in [0.2, 0.25) is 5.91 Å². The molecular formula is C21H21NO3. The van der Waals surface area contributed by atoms with E-state index in [1.807, 2.05) is 31.2 Å². The van der Waals surface area contributed by atoms with Crippen LogP contribution in [0.3, 0.4) is 0 Å². The number of Topliss-reactive ketones (excluding diaryl/α,β-unsaturated/α-hetero) is 2. The minimum Gasteiger partial charge on any atom is -0.312 e. The van der Waals surface area contributed by atoms with Crippen LogP contribution < -0.4 is 4.90 Å². The maximum atomic E-state index is 12.5. The molecule has 1 aliphatic rings. The van der Waals surface area contributed by atoms with Gasteiger partial charge in [-0.05, 0) is 44.0 Å². The number of fused-ring (bicyclic) bond motifs is 1. The van der Waals surface area contributed by atoms with Crippen LogP contribution in [0, 0.1) is 6.92 Å². The van der Waals surface area contributed by atoms with Gasteiger partial charge in [0.15, 0.2) is 11.6 Å². The molecule has 0 atom stereocenters. The maximum absolute atomic E-state index is 12.5. The Morgan fingerprint density at radius 3 is 2.32 bits per heavy atom. The third-order valence-corrected chi connectivity index (χ3v) is 4.62. The summed E-state index contributed by atoms with van der Waals surface area (Å²) in [4.78, 5) is 38.0. The number of carbonyl (C=O) groups is 3. The Morgan fingerprint density at radius 1 is 0.960 bits per heavy atom. The summed E-state index contributed by atoms with van der Waals surface area (Å²) in [6.07, 6.45) is 1.15. The van der Waals surface area contributed by atoms with Crippen LogP contribution in [-0.2, 0) is 11.2 Å². The van der Waals surface area contributed by atoms with Crippen molar-refractivity contribution in [2.75, 3.05) is 11.4 Å². The number of nitrogens with zero attached hydrogens (tertiary/aromatic N) is 1. The van der Waals surface area contributed by atoms with E-state index in [1.165, 1.54) is 6.92 Å². The molecule has 0 fully saturated rings. The molecule has 2 aromatic rings. The average Bonchev–Trinajstić information content (AvgIpc) is 3.03. The van der Waals surface area contributed by atoms with Crippen molar-refractivity contribution in [1.82, 2.24) is 0 Å². The Balaban J connectivity index is 1.64. The van der Waals surface area contributed by atoms with E-state index in [9.17, 15) is 14.4 Å². The lowest BCUT2D eigenvalue weighted by molar-refractivity contribution is -0.118. The number of aryl methyl sites for hydroxylation is 1. The molecule has 0 saturated carbocycles. The Labute approximate surface area is 147 Å². The lowest BCUT2D eigenvalue weighted by atomic mass is 10.0. The highest BCUT2D eigenvalue weighted by atomic mass is 16.2. The predicted octanol–water partition coefficient (Wildman–Crippen LogP) is 3.75. The van der Waals surface area contributed by atoms with Crippen LogP contribution in [0.1, 0.15) is 51.6 Å². The summed E-state index contributed by atoms with van der Waals surface area (Å²) in [5.41, 5.74) is 4.30. The van der Waals surface area contributed by atoms with Gasteiger partial charge in [-0.15, -0.1) is 0 Å². The average molecular weight is 335 g/mol. The summed E-state index contributed by atoms with van der Waals surface area (Å²) < 4.78 is 0. The molecular weight excluding hydrogens is 314 g/mol. The fourth-order valence-electron chi connectivity index (χ4n) is 3.12. The van der Waals surface area contributed by atoms with Gasteiger partial charge in [-0.1, -0.05) is 29.8 Å². The van der Waals surface area contributed by atoms with E-state index in [0.717, 1.165) is 23.2 Å². The van der Waals surface area contributed by atoms with Crippen LogP contribution in [0.15, 0.2) is 42.5 Å². The van der Waals surface area contributed by atoms with E-state index in [1.54, 1.807) is 23.1 Å². The summed E-state index contributed by atoms with van der Waals surface area (Å²) in [6.45, 7) is 4.12. The van der Waals surface area contributed by atoms with Gasteiger partial charge in [-0.3, -0.25) is 14.4 Å². The van der Waals surface area contributed by atoms with E-state index in [2.05, 4.69) is 0 Å². The van der Waals surface area contributed by atoms with Gasteiger partial charge in [-0.2, -0.15) is 0 Å². The Kier molecular flexibility index (Phi) is 4.79. The monoisotopic (exact) mass is 335 g/mol. The van der Waals surface area contributed by atoms with Gasteiger partial charge in [0.05, 0.1) is 0 Å². The minimum absolute atomic E-state index is 0.0142. The first kappa shape index (κ1) is 17.1. The van der Waals surface area contributed by atoms with Crippen molar-refractivity contribution in [3.05, 3.63) is 64.7 Å².